The van der Waals surface area contributed by atoms with E-state index < -0.39 is 11.7 Å². The first-order chi connectivity index (χ1) is 9.39. The van der Waals surface area contributed by atoms with E-state index in [0.717, 1.165) is 25.9 Å². The fraction of sp³-hybridized carbons (Fsp3) is 0.625. The Balaban J connectivity index is 2.33. The highest BCUT2D eigenvalue weighted by atomic mass is 19.4. The van der Waals surface area contributed by atoms with E-state index in [9.17, 15) is 13.2 Å². The molecular formula is C16H22F3N. The maximum atomic E-state index is 13.2. The lowest BCUT2D eigenvalue weighted by atomic mass is 9.76. The molecule has 0 amide bonds. The molecule has 0 radical (unpaired) electrons. The van der Waals surface area contributed by atoms with E-state index in [4.69, 9.17) is 0 Å². The molecule has 1 aromatic rings. The van der Waals surface area contributed by atoms with Crippen molar-refractivity contribution in [3.63, 3.8) is 0 Å². The molecule has 0 aromatic heterocycles. The summed E-state index contributed by atoms with van der Waals surface area (Å²) < 4.78 is 39.5. The van der Waals surface area contributed by atoms with Crippen LogP contribution in [0.3, 0.4) is 0 Å². The highest BCUT2D eigenvalue weighted by molar-refractivity contribution is 5.33. The molecule has 1 fully saturated rings. The second kappa shape index (κ2) is 6.17. The molecule has 2 atom stereocenters. The summed E-state index contributed by atoms with van der Waals surface area (Å²) in [7, 11) is 0. The average Bonchev–Trinajstić information content (AvgIpc) is 2.38. The van der Waals surface area contributed by atoms with Crippen LogP contribution in [0.25, 0.3) is 0 Å². The maximum Gasteiger partial charge on any atom is 0.416 e. The lowest BCUT2D eigenvalue weighted by molar-refractivity contribution is -0.138. The van der Waals surface area contributed by atoms with Crippen LogP contribution in [0.1, 0.15) is 43.7 Å². The predicted octanol–water partition coefficient (Wildman–Crippen LogP) is 4.44. The number of halogens is 3. The molecule has 1 aliphatic heterocycles. The van der Waals surface area contributed by atoms with Crippen LogP contribution in [0, 0.1) is 11.8 Å². The summed E-state index contributed by atoms with van der Waals surface area (Å²) in [6.07, 6.45) is -2.52. The van der Waals surface area contributed by atoms with Gasteiger partial charge >= 0.3 is 6.18 Å². The Morgan fingerprint density at radius 1 is 1.25 bits per heavy atom. The summed E-state index contributed by atoms with van der Waals surface area (Å²) >= 11 is 0. The predicted molar refractivity (Wildman–Crippen MR) is 74.6 cm³/mol. The minimum atomic E-state index is -4.26. The SMILES string of the molecule is CC(C)CC1CNCCC1c1ccccc1C(F)(F)F. The van der Waals surface area contributed by atoms with Crippen molar-refractivity contribution in [2.24, 2.45) is 11.8 Å². The van der Waals surface area contributed by atoms with Crippen LogP contribution in [0.2, 0.25) is 0 Å². The van der Waals surface area contributed by atoms with Crippen molar-refractivity contribution in [2.75, 3.05) is 13.1 Å². The van der Waals surface area contributed by atoms with Gasteiger partial charge in [-0.1, -0.05) is 32.0 Å². The second-order valence-corrected chi connectivity index (χ2v) is 6.07. The Labute approximate surface area is 118 Å². The Hall–Kier alpha value is -1.03. The zero-order valence-electron chi connectivity index (χ0n) is 12.0. The summed E-state index contributed by atoms with van der Waals surface area (Å²) in [5.74, 6) is 0.796. The summed E-state index contributed by atoms with van der Waals surface area (Å²) in [5, 5.41) is 3.32. The Kier molecular flexibility index (Phi) is 4.74. The van der Waals surface area contributed by atoms with Gasteiger partial charge in [-0.3, -0.25) is 0 Å². The van der Waals surface area contributed by atoms with E-state index in [-0.39, 0.29) is 11.8 Å². The number of alkyl halides is 3. The lowest BCUT2D eigenvalue weighted by Crippen LogP contribution is -2.36. The number of hydrogen-bond donors (Lipinski definition) is 1. The average molecular weight is 285 g/mol. The molecule has 0 saturated carbocycles. The molecule has 20 heavy (non-hydrogen) atoms. The van der Waals surface area contributed by atoms with Crippen molar-refractivity contribution in [1.82, 2.24) is 5.32 Å². The monoisotopic (exact) mass is 285 g/mol. The van der Waals surface area contributed by atoms with Gasteiger partial charge in [0.05, 0.1) is 5.56 Å². The quantitative estimate of drug-likeness (QED) is 0.865. The van der Waals surface area contributed by atoms with Gasteiger partial charge in [-0.25, -0.2) is 0 Å². The maximum absolute atomic E-state index is 13.2. The fourth-order valence-electron chi connectivity index (χ4n) is 3.26. The number of hydrogen-bond acceptors (Lipinski definition) is 1. The van der Waals surface area contributed by atoms with Crippen LogP contribution in [-0.2, 0) is 6.18 Å². The minimum absolute atomic E-state index is 0.0106. The number of piperidine rings is 1. The minimum Gasteiger partial charge on any atom is -0.316 e. The fourth-order valence-corrected chi connectivity index (χ4v) is 3.26. The van der Waals surface area contributed by atoms with Gasteiger partial charge in [0, 0.05) is 0 Å². The number of rotatable bonds is 3. The van der Waals surface area contributed by atoms with E-state index >= 15 is 0 Å². The Bertz CT molecular complexity index is 440. The van der Waals surface area contributed by atoms with Crippen molar-refractivity contribution in [3.05, 3.63) is 35.4 Å². The molecule has 1 aromatic carbocycles. The van der Waals surface area contributed by atoms with E-state index in [2.05, 4.69) is 19.2 Å². The molecule has 1 aliphatic rings. The van der Waals surface area contributed by atoms with Crippen molar-refractivity contribution in [1.29, 1.82) is 0 Å². The molecule has 2 unspecified atom stereocenters. The summed E-state index contributed by atoms with van der Waals surface area (Å²) in [4.78, 5) is 0. The van der Waals surface area contributed by atoms with E-state index in [1.807, 2.05) is 0 Å². The van der Waals surface area contributed by atoms with Gasteiger partial charge in [0.1, 0.15) is 0 Å². The second-order valence-electron chi connectivity index (χ2n) is 6.07. The normalized spacial score (nSPS) is 24.1. The molecule has 1 nitrogen and oxygen atoms in total. The smallest absolute Gasteiger partial charge is 0.316 e. The Morgan fingerprint density at radius 3 is 2.60 bits per heavy atom. The molecule has 0 bridgehead atoms. The molecule has 112 valence electrons. The van der Waals surface area contributed by atoms with Crippen molar-refractivity contribution in [2.45, 2.75) is 38.8 Å². The molecule has 2 rings (SSSR count). The van der Waals surface area contributed by atoms with Crippen LogP contribution in [0.4, 0.5) is 13.2 Å². The van der Waals surface area contributed by atoms with Crippen LogP contribution < -0.4 is 5.32 Å². The van der Waals surface area contributed by atoms with Gasteiger partial charge in [-0.05, 0) is 55.3 Å². The molecule has 1 N–H and O–H groups in total. The third kappa shape index (κ3) is 3.54. The summed E-state index contributed by atoms with van der Waals surface area (Å²) in [5.41, 5.74) is 0.0211. The summed E-state index contributed by atoms with van der Waals surface area (Å²) in [6, 6.07) is 6.07. The lowest BCUT2D eigenvalue weighted by Gasteiger charge is -2.35. The molecule has 1 saturated heterocycles. The van der Waals surface area contributed by atoms with Crippen molar-refractivity contribution < 1.29 is 13.2 Å². The first kappa shape index (κ1) is 15.4. The largest absolute Gasteiger partial charge is 0.416 e. The summed E-state index contributed by atoms with van der Waals surface area (Å²) in [6.45, 7) is 5.86. The first-order valence-corrected chi connectivity index (χ1v) is 7.26. The van der Waals surface area contributed by atoms with Crippen LogP contribution >= 0.6 is 0 Å². The van der Waals surface area contributed by atoms with Crippen LogP contribution in [0.15, 0.2) is 24.3 Å². The highest BCUT2D eigenvalue weighted by Crippen LogP contribution is 2.41. The zero-order valence-corrected chi connectivity index (χ0v) is 12.0. The molecule has 0 aliphatic carbocycles. The zero-order chi connectivity index (χ0) is 14.8. The molecule has 1 heterocycles. The van der Waals surface area contributed by atoms with Gasteiger partial charge in [-0.2, -0.15) is 13.2 Å². The Morgan fingerprint density at radius 2 is 1.95 bits per heavy atom. The van der Waals surface area contributed by atoms with E-state index in [1.54, 1.807) is 12.1 Å². The third-order valence-corrected chi connectivity index (χ3v) is 4.05. The molecule has 4 heteroatoms. The van der Waals surface area contributed by atoms with Crippen LogP contribution in [0.5, 0.6) is 0 Å². The number of benzene rings is 1. The molecular weight excluding hydrogens is 263 g/mol. The van der Waals surface area contributed by atoms with Gasteiger partial charge in [-0.15, -0.1) is 0 Å². The third-order valence-electron chi connectivity index (χ3n) is 4.05. The first-order valence-electron chi connectivity index (χ1n) is 7.26. The topological polar surface area (TPSA) is 12.0 Å². The van der Waals surface area contributed by atoms with Crippen molar-refractivity contribution >= 4 is 0 Å². The molecule has 0 spiro atoms. The van der Waals surface area contributed by atoms with Gasteiger partial charge < -0.3 is 5.32 Å². The van der Waals surface area contributed by atoms with E-state index in [1.165, 1.54) is 12.1 Å². The van der Waals surface area contributed by atoms with Gasteiger partial charge in [0.2, 0.25) is 0 Å². The van der Waals surface area contributed by atoms with Crippen LogP contribution in [-0.4, -0.2) is 13.1 Å². The van der Waals surface area contributed by atoms with E-state index in [0.29, 0.717) is 11.5 Å². The van der Waals surface area contributed by atoms with Gasteiger partial charge in [0.15, 0.2) is 0 Å². The van der Waals surface area contributed by atoms with Gasteiger partial charge in [0.25, 0.3) is 0 Å². The standard InChI is InChI=1S/C16H22F3N/c1-11(2)9-12-10-20-8-7-13(12)14-5-3-4-6-15(14)16(17,18)19/h3-6,11-13,20H,7-10H2,1-2H3. The van der Waals surface area contributed by atoms with Crippen molar-refractivity contribution in [3.8, 4) is 0 Å². The number of nitrogens with one attached hydrogen (secondary N) is 1. The highest BCUT2D eigenvalue weighted by Gasteiger charge is 2.37.